The van der Waals surface area contributed by atoms with Crippen molar-refractivity contribution in [2.24, 2.45) is 0 Å². The Morgan fingerprint density at radius 2 is 2.11 bits per heavy atom. The monoisotopic (exact) mass is 261 g/mol. The van der Waals surface area contributed by atoms with E-state index in [1.54, 1.807) is 0 Å². The van der Waals surface area contributed by atoms with E-state index < -0.39 is 0 Å². The molecule has 0 aliphatic heterocycles. The Morgan fingerprint density at radius 3 is 3.00 bits per heavy atom. The van der Waals surface area contributed by atoms with Crippen LogP contribution >= 0.6 is 0 Å². The zero-order valence-electron chi connectivity index (χ0n) is 11.6. The van der Waals surface area contributed by atoms with E-state index in [2.05, 4.69) is 33.3 Å². The van der Waals surface area contributed by atoms with Crippen molar-refractivity contribution in [1.82, 2.24) is 15.1 Å². The molecule has 1 heterocycles. The summed E-state index contributed by atoms with van der Waals surface area (Å²) in [5.74, 6) is 0. The SMILES string of the molecule is CCOCCCCNCCn1ncc2ccccc21. The number of rotatable bonds is 9. The van der Waals surface area contributed by atoms with Gasteiger partial charge in [-0.3, -0.25) is 4.68 Å². The Labute approximate surface area is 114 Å². The maximum absolute atomic E-state index is 5.31. The van der Waals surface area contributed by atoms with E-state index in [4.69, 9.17) is 4.74 Å². The lowest BCUT2D eigenvalue weighted by atomic mass is 10.2. The highest BCUT2D eigenvalue weighted by atomic mass is 16.5. The second kappa shape index (κ2) is 7.92. The Balaban J connectivity index is 1.63. The molecule has 0 aliphatic carbocycles. The van der Waals surface area contributed by atoms with Crippen molar-refractivity contribution in [1.29, 1.82) is 0 Å². The third-order valence-corrected chi connectivity index (χ3v) is 3.15. The summed E-state index contributed by atoms with van der Waals surface area (Å²) in [6.07, 6.45) is 4.23. The molecule has 0 aliphatic rings. The molecule has 2 aromatic rings. The highest BCUT2D eigenvalue weighted by molar-refractivity contribution is 5.78. The molecule has 104 valence electrons. The number of para-hydroxylation sites is 1. The fourth-order valence-electron chi connectivity index (χ4n) is 2.11. The van der Waals surface area contributed by atoms with Crippen LogP contribution in [0, 0.1) is 0 Å². The molecule has 2 rings (SSSR count). The lowest BCUT2D eigenvalue weighted by Gasteiger charge is -2.06. The molecule has 0 atom stereocenters. The Kier molecular flexibility index (Phi) is 5.85. The predicted molar refractivity (Wildman–Crippen MR) is 78.3 cm³/mol. The quantitative estimate of drug-likeness (QED) is 0.705. The topological polar surface area (TPSA) is 39.1 Å². The number of ether oxygens (including phenoxy) is 1. The number of unbranched alkanes of at least 4 members (excludes halogenated alkanes) is 1. The number of nitrogens with zero attached hydrogens (tertiary/aromatic N) is 2. The molecule has 1 N–H and O–H groups in total. The molecule has 19 heavy (non-hydrogen) atoms. The highest BCUT2D eigenvalue weighted by Crippen LogP contribution is 2.11. The number of hydrogen-bond acceptors (Lipinski definition) is 3. The zero-order chi connectivity index (χ0) is 13.3. The molecule has 4 nitrogen and oxygen atoms in total. The second-order valence-corrected chi connectivity index (χ2v) is 4.58. The van der Waals surface area contributed by atoms with Crippen LogP contribution in [0.25, 0.3) is 10.9 Å². The van der Waals surface area contributed by atoms with Crippen molar-refractivity contribution >= 4 is 10.9 Å². The minimum Gasteiger partial charge on any atom is -0.382 e. The molecule has 0 bridgehead atoms. The number of benzene rings is 1. The van der Waals surface area contributed by atoms with E-state index in [-0.39, 0.29) is 0 Å². The summed E-state index contributed by atoms with van der Waals surface area (Å²) >= 11 is 0. The van der Waals surface area contributed by atoms with E-state index in [1.807, 2.05) is 19.2 Å². The minimum absolute atomic E-state index is 0.819. The average Bonchev–Trinajstić information content (AvgIpc) is 2.85. The van der Waals surface area contributed by atoms with Crippen LogP contribution in [0.3, 0.4) is 0 Å². The zero-order valence-corrected chi connectivity index (χ0v) is 11.6. The molecule has 0 radical (unpaired) electrons. The largest absolute Gasteiger partial charge is 0.382 e. The maximum atomic E-state index is 5.31. The van der Waals surface area contributed by atoms with Gasteiger partial charge in [-0.2, -0.15) is 5.10 Å². The molecule has 0 amide bonds. The Bertz CT molecular complexity index is 481. The molecule has 0 saturated heterocycles. The van der Waals surface area contributed by atoms with Crippen LogP contribution in [0.15, 0.2) is 30.5 Å². The first-order valence-electron chi connectivity index (χ1n) is 7.11. The lowest BCUT2D eigenvalue weighted by Crippen LogP contribution is -2.21. The first kappa shape index (κ1) is 14.0. The van der Waals surface area contributed by atoms with Gasteiger partial charge in [-0.1, -0.05) is 18.2 Å². The molecule has 0 saturated carbocycles. The van der Waals surface area contributed by atoms with E-state index >= 15 is 0 Å². The van der Waals surface area contributed by atoms with Crippen LogP contribution in [0.2, 0.25) is 0 Å². The summed E-state index contributed by atoms with van der Waals surface area (Å²) in [6, 6.07) is 8.32. The van der Waals surface area contributed by atoms with Crippen LogP contribution in [-0.2, 0) is 11.3 Å². The van der Waals surface area contributed by atoms with Gasteiger partial charge in [0.25, 0.3) is 0 Å². The summed E-state index contributed by atoms with van der Waals surface area (Å²) in [6.45, 7) is 6.65. The Morgan fingerprint density at radius 1 is 1.21 bits per heavy atom. The van der Waals surface area contributed by atoms with Crippen molar-refractivity contribution in [2.45, 2.75) is 26.3 Å². The highest BCUT2D eigenvalue weighted by Gasteiger charge is 2.00. The van der Waals surface area contributed by atoms with Gasteiger partial charge in [0.05, 0.1) is 18.3 Å². The second-order valence-electron chi connectivity index (χ2n) is 4.58. The van der Waals surface area contributed by atoms with E-state index in [9.17, 15) is 0 Å². The molecule has 0 fully saturated rings. The van der Waals surface area contributed by atoms with Gasteiger partial charge in [-0.05, 0) is 32.4 Å². The van der Waals surface area contributed by atoms with Gasteiger partial charge in [0.1, 0.15) is 0 Å². The van der Waals surface area contributed by atoms with Crippen LogP contribution in [0.4, 0.5) is 0 Å². The lowest BCUT2D eigenvalue weighted by molar-refractivity contribution is 0.143. The molecule has 1 aromatic carbocycles. The third-order valence-electron chi connectivity index (χ3n) is 3.15. The standard InChI is InChI=1S/C15H23N3O/c1-2-19-12-6-5-9-16-10-11-18-15-8-4-3-7-14(15)13-17-18/h3-4,7-8,13,16H,2,5-6,9-12H2,1H3. The van der Waals surface area contributed by atoms with Crippen LogP contribution in [-0.4, -0.2) is 36.1 Å². The van der Waals surface area contributed by atoms with Gasteiger partial charge in [0, 0.05) is 25.1 Å². The first-order chi connectivity index (χ1) is 9.42. The summed E-state index contributed by atoms with van der Waals surface area (Å²) in [5.41, 5.74) is 1.21. The van der Waals surface area contributed by atoms with Gasteiger partial charge in [-0.15, -0.1) is 0 Å². The smallest absolute Gasteiger partial charge is 0.0682 e. The van der Waals surface area contributed by atoms with Gasteiger partial charge >= 0.3 is 0 Å². The van der Waals surface area contributed by atoms with Crippen molar-refractivity contribution in [3.8, 4) is 0 Å². The molecule has 4 heteroatoms. The third kappa shape index (κ3) is 4.33. The van der Waals surface area contributed by atoms with Gasteiger partial charge in [0.15, 0.2) is 0 Å². The fourth-order valence-corrected chi connectivity index (χ4v) is 2.11. The van der Waals surface area contributed by atoms with Crippen molar-refractivity contribution in [3.63, 3.8) is 0 Å². The van der Waals surface area contributed by atoms with Crippen molar-refractivity contribution in [2.75, 3.05) is 26.3 Å². The van der Waals surface area contributed by atoms with Crippen LogP contribution in [0.5, 0.6) is 0 Å². The molecule has 0 spiro atoms. The molecule has 0 unspecified atom stereocenters. The van der Waals surface area contributed by atoms with E-state index in [0.717, 1.165) is 39.3 Å². The Hall–Kier alpha value is -1.39. The van der Waals surface area contributed by atoms with E-state index in [1.165, 1.54) is 17.3 Å². The summed E-state index contributed by atoms with van der Waals surface area (Å²) in [4.78, 5) is 0. The van der Waals surface area contributed by atoms with Crippen LogP contribution < -0.4 is 5.32 Å². The minimum atomic E-state index is 0.819. The normalized spacial score (nSPS) is 11.2. The average molecular weight is 261 g/mol. The fraction of sp³-hybridized carbons (Fsp3) is 0.533. The van der Waals surface area contributed by atoms with Crippen LogP contribution in [0.1, 0.15) is 19.8 Å². The van der Waals surface area contributed by atoms with E-state index in [0.29, 0.717) is 0 Å². The molecular weight excluding hydrogens is 238 g/mol. The van der Waals surface area contributed by atoms with Gasteiger partial charge in [0.2, 0.25) is 0 Å². The van der Waals surface area contributed by atoms with Gasteiger partial charge in [-0.25, -0.2) is 0 Å². The van der Waals surface area contributed by atoms with Crippen molar-refractivity contribution in [3.05, 3.63) is 30.5 Å². The number of fused-ring (bicyclic) bond motifs is 1. The summed E-state index contributed by atoms with van der Waals surface area (Å²) in [5, 5.41) is 9.07. The van der Waals surface area contributed by atoms with Crippen molar-refractivity contribution < 1.29 is 4.74 Å². The first-order valence-corrected chi connectivity index (χ1v) is 7.11. The molecular formula is C15H23N3O. The number of aromatic nitrogens is 2. The molecule has 1 aromatic heterocycles. The summed E-state index contributed by atoms with van der Waals surface area (Å²) in [7, 11) is 0. The maximum Gasteiger partial charge on any atom is 0.0682 e. The van der Waals surface area contributed by atoms with Gasteiger partial charge < -0.3 is 10.1 Å². The number of nitrogens with one attached hydrogen (secondary N) is 1. The summed E-state index contributed by atoms with van der Waals surface area (Å²) < 4.78 is 7.36. The number of hydrogen-bond donors (Lipinski definition) is 1. The predicted octanol–water partition coefficient (Wildman–Crippen LogP) is 2.44.